The summed E-state index contributed by atoms with van der Waals surface area (Å²) in [7, 11) is 0. The highest BCUT2D eigenvalue weighted by Crippen LogP contribution is 2.32. The van der Waals surface area contributed by atoms with Crippen LogP contribution in [0.2, 0.25) is 10.0 Å². The van der Waals surface area contributed by atoms with Crippen molar-refractivity contribution in [3.63, 3.8) is 0 Å². The van der Waals surface area contributed by atoms with Crippen LogP contribution in [-0.2, 0) is 18.7 Å². The summed E-state index contributed by atoms with van der Waals surface area (Å²) in [4.78, 5) is 4.35. The first kappa shape index (κ1) is 19.9. The van der Waals surface area contributed by atoms with Crippen molar-refractivity contribution in [2.24, 2.45) is 0 Å². The third-order valence-electron chi connectivity index (χ3n) is 4.22. The van der Waals surface area contributed by atoms with E-state index in [9.17, 15) is 0 Å². The molecule has 0 amide bonds. The van der Waals surface area contributed by atoms with E-state index in [0.29, 0.717) is 46.3 Å². The number of rotatable bonds is 7. The molecule has 4 aromatic rings. The Balaban J connectivity index is 1.67. The number of aromatic nitrogens is 5. The smallest absolute Gasteiger partial charge is 0.226 e. The summed E-state index contributed by atoms with van der Waals surface area (Å²) in [5.41, 5.74) is 1.91. The van der Waals surface area contributed by atoms with Crippen molar-refractivity contribution in [2.75, 3.05) is 0 Å². The molecule has 0 aliphatic heterocycles. The molecule has 2 aromatic carbocycles. The van der Waals surface area contributed by atoms with Gasteiger partial charge in [0.05, 0.1) is 17.3 Å². The minimum Gasteiger partial charge on any atom is -0.339 e. The van der Waals surface area contributed by atoms with E-state index >= 15 is 0 Å². The molecule has 0 unspecified atom stereocenters. The first-order valence-corrected chi connectivity index (χ1v) is 10.7. The molecule has 2 aromatic heterocycles. The Kier molecular flexibility index (Phi) is 6.18. The van der Waals surface area contributed by atoms with Gasteiger partial charge in [0.25, 0.3) is 0 Å². The van der Waals surface area contributed by atoms with Gasteiger partial charge < -0.3 is 4.52 Å². The predicted molar refractivity (Wildman–Crippen MR) is 114 cm³/mol. The van der Waals surface area contributed by atoms with Gasteiger partial charge in [-0.15, -0.1) is 10.2 Å². The second-order valence-electron chi connectivity index (χ2n) is 6.25. The molecule has 0 atom stereocenters. The Bertz CT molecular complexity index is 1110. The van der Waals surface area contributed by atoms with E-state index in [1.165, 1.54) is 11.8 Å². The van der Waals surface area contributed by atoms with Gasteiger partial charge >= 0.3 is 0 Å². The fourth-order valence-corrected chi connectivity index (χ4v) is 4.07. The zero-order valence-corrected chi connectivity index (χ0v) is 17.9. The molecular weight excluding hydrogens is 429 g/mol. The highest BCUT2D eigenvalue weighted by Gasteiger charge is 2.18. The molecule has 2 heterocycles. The number of nitrogens with zero attached hydrogens (tertiary/aromatic N) is 5. The molecular formula is C20H17Cl2N5OS. The van der Waals surface area contributed by atoms with Crippen LogP contribution in [0.4, 0.5) is 0 Å². The number of benzene rings is 2. The lowest BCUT2D eigenvalue weighted by atomic mass is 10.2. The zero-order chi connectivity index (χ0) is 20.2. The average molecular weight is 446 g/mol. The molecule has 0 saturated carbocycles. The Labute approximate surface area is 182 Å². The van der Waals surface area contributed by atoms with Crippen LogP contribution in [0.5, 0.6) is 0 Å². The topological polar surface area (TPSA) is 69.6 Å². The van der Waals surface area contributed by atoms with Gasteiger partial charge in [-0.05, 0) is 23.8 Å². The lowest BCUT2D eigenvalue weighted by Crippen LogP contribution is -2.04. The minimum absolute atomic E-state index is 0.529. The van der Waals surface area contributed by atoms with Gasteiger partial charge in [-0.1, -0.05) is 77.4 Å². The SMILES string of the molecule is CCc1nc(CSc2nnc(-c3ccc(Cl)cc3Cl)n2Cc2ccccc2)no1. The van der Waals surface area contributed by atoms with Crippen molar-refractivity contribution in [2.45, 2.75) is 30.8 Å². The van der Waals surface area contributed by atoms with Crippen LogP contribution in [-0.4, -0.2) is 24.9 Å². The van der Waals surface area contributed by atoms with Gasteiger partial charge in [0.1, 0.15) is 0 Å². The molecule has 29 heavy (non-hydrogen) atoms. The number of halogens is 2. The molecule has 0 aliphatic carbocycles. The number of hydrogen-bond acceptors (Lipinski definition) is 6. The second kappa shape index (κ2) is 8.98. The fraction of sp³-hybridized carbons (Fsp3) is 0.200. The highest BCUT2D eigenvalue weighted by atomic mass is 35.5. The molecule has 0 radical (unpaired) electrons. The van der Waals surface area contributed by atoms with E-state index in [4.69, 9.17) is 27.7 Å². The Morgan fingerprint density at radius 3 is 2.62 bits per heavy atom. The third kappa shape index (κ3) is 4.63. The van der Waals surface area contributed by atoms with E-state index < -0.39 is 0 Å². The maximum Gasteiger partial charge on any atom is 0.226 e. The number of aryl methyl sites for hydroxylation is 1. The quantitative estimate of drug-likeness (QED) is 0.347. The molecule has 0 bridgehead atoms. The molecule has 0 fully saturated rings. The summed E-state index contributed by atoms with van der Waals surface area (Å²) >= 11 is 14.0. The van der Waals surface area contributed by atoms with Crippen LogP contribution in [0.15, 0.2) is 58.2 Å². The van der Waals surface area contributed by atoms with Crippen LogP contribution in [0.3, 0.4) is 0 Å². The van der Waals surface area contributed by atoms with Crippen molar-refractivity contribution in [3.05, 3.63) is 75.9 Å². The molecule has 0 spiro atoms. The maximum absolute atomic E-state index is 6.44. The van der Waals surface area contributed by atoms with Crippen LogP contribution >= 0.6 is 35.0 Å². The predicted octanol–water partition coefficient (Wildman–Crippen LogP) is 5.54. The normalized spacial score (nSPS) is 11.1. The maximum atomic E-state index is 6.44. The summed E-state index contributed by atoms with van der Waals surface area (Å²) < 4.78 is 7.22. The van der Waals surface area contributed by atoms with Crippen molar-refractivity contribution in [1.82, 2.24) is 24.9 Å². The van der Waals surface area contributed by atoms with E-state index in [0.717, 1.165) is 16.3 Å². The van der Waals surface area contributed by atoms with Gasteiger partial charge in [-0.2, -0.15) is 4.98 Å². The second-order valence-corrected chi connectivity index (χ2v) is 8.03. The molecule has 9 heteroatoms. The van der Waals surface area contributed by atoms with Crippen molar-refractivity contribution < 1.29 is 4.52 Å². The summed E-state index contributed by atoms with van der Waals surface area (Å²) in [5.74, 6) is 2.47. The van der Waals surface area contributed by atoms with Crippen molar-refractivity contribution in [3.8, 4) is 11.4 Å². The van der Waals surface area contributed by atoms with Gasteiger partial charge in [0, 0.05) is 17.0 Å². The molecule has 0 aliphatic rings. The number of hydrogen-bond donors (Lipinski definition) is 0. The summed E-state index contributed by atoms with van der Waals surface area (Å²) in [6, 6.07) is 15.5. The first-order chi connectivity index (χ1) is 14.1. The largest absolute Gasteiger partial charge is 0.339 e. The molecule has 6 nitrogen and oxygen atoms in total. The third-order valence-corrected chi connectivity index (χ3v) is 5.73. The fourth-order valence-electron chi connectivity index (χ4n) is 2.80. The molecule has 4 rings (SSSR count). The van der Waals surface area contributed by atoms with Crippen LogP contribution in [0.25, 0.3) is 11.4 Å². The summed E-state index contributed by atoms with van der Waals surface area (Å²) in [6.45, 7) is 2.58. The lowest BCUT2D eigenvalue weighted by molar-refractivity contribution is 0.378. The van der Waals surface area contributed by atoms with Gasteiger partial charge in [-0.3, -0.25) is 4.57 Å². The monoisotopic (exact) mass is 445 g/mol. The van der Waals surface area contributed by atoms with Crippen LogP contribution in [0, 0.1) is 0 Å². The van der Waals surface area contributed by atoms with Gasteiger partial charge in [0.2, 0.25) is 5.89 Å². The van der Waals surface area contributed by atoms with Gasteiger partial charge in [-0.25, -0.2) is 0 Å². The standard InChI is InChI=1S/C20H17Cl2N5OS/c1-2-18-23-17(26-28-18)12-29-20-25-24-19(15-9-8-14(21)10-16(15)22)27(20)11-13-6-4-3-5-7-13/h3-10H,2,11-12H2,1H3. The van der Waals surface area contributed by atoms with Crippen molar-refractivity contribution in [1.29, 1.82) is 0 Å². The van der Waals surface area contributed by atoms with Gasteiger partial charge in [0.15, 0.2) is 16.8 Å². The molecule has 0 N–H and O–H groups in total. The average Bonchev–Trinajstić information content (AvgIpc) is 3.34. The summed E-state index contributed by atoms with van der Waals surface area (Å²) in [5, 5.41) is 14.7. The van der Waals surface area contributed by atoms with E-state index in [1.54, 1.807) is 12.1 Å². The summed E-state index contributed by atoms with van der Waals surface area (Å²) in [6.07, 6.45) is 0.709. The van der Waals surface area contributed by atoms with E-state index in [2.05, 4.69) is 32.5 Å². The Hall–Kier alpha value is -2.35. The lowest BCUT2D eigenvalue weighted by Gasteiger charge is -2.11. The van der Waals surface area contributed by atoms with Crippen LogP contribution in [0.1, 0.15) is 24.2 Å². The zero-order valence-electron chi connectivity index (χ0n) is 15.5. The van der Waals surface area contributed by atoms with Crippen LogP contribution < -0.4 is 0 Å². The highest BCUT2D eigenvalue weighted by molar-refractivity contribution is 7.98. The number of thioether (sulfide) groups is 1. The van der Waals surface area contributed by atoms with Crippen molar-refractivity contribution >= 4 is 35.0 Å². The van der Waals surface area contributed by atoms with E-state index in [1.807, 2.05) is 35.8 Å². The Morgan fingerprint density at radius 2 is 1.90 bits per heavy atom. The minimum atomic E-state index is 0.529. The molecule has 148 valence electrons. The molecule has 0 saturated heterocycles. The first-order valence-electron chi connectivity index (χ1n) is 9.01. The van der Waals surface area contributed by atoms with E-state index in [-0.39, 0.29) is 0 Å². The Morgan fingerprint density at radius 1 is 1.07 bits per heavy atom.